The summed E-state index contributed by atoms with van der Waals surface area (Å²) in [7, 11) is 1.95. The average molecular weight is 323 g/mol. The predicted octanol–water partition coefficient (Wildman–Crippen LogP) is 2.08. The quantitative estimate of drug-likeness (QED) is 0.919. The maximum Gasteiger partial charge on any atom is 0.320 e. The lowest BCUT2D eigenvalue weighted by Crippen LogP contribution is -2.40. The van der Waals surface area contributed by atoms with Gasteiger partial charge >= 0.3 is 5.97 Å². The van der Waals surface area contributed by atoms with Gasteiger partial charge in [-0.25, -0.2) is 4.98 Å². The van der Waals surface area contributed by atoms with E-state index in [1.54, 1.807) is 11.3 Å². The zero-order chi connectivity index (χ0) is 15.7. The molecule has 2 aliphatic heterocycles. The number of hydrogen-bond donors (Lipinski definition) is 1. The summed E-state index contributed by atoms with van der Waals surface area (Å²) in [4.78, 5) is 20.5. The largest absolute Gasteiger partial charge is 0.480 e. The Bertz CT molecular complexity index is 537. The number of carboxylic acids is 1. The van der Waals surface area contributed by atoms with E-state index < -0.39 is 5.97 Å². The third-order valence-corrected chi connectivity index (χ3v) is 6.27. The van der Waals surface area contributed by atoms with E-state index in [2.05, 4.69) is 22.2 Å². The molecule has 5 nitrogen and oxygen atoms in total. The van der Waals surface area contributed by atoms with E-state index in [-0.39, 0.29) is 11.5 Å². The first-order chi connectivity index (χ1) is 10.5. The second-order valence-corrected chi connectivity index (χ2v) is 7.78. The van der Waals surface area contributed by atoms with Gasteiger partial charge in [-0.1, -0.05) is 6.92 Å². The van der Waals surface area contributed by atoms with Crippen LogP contribution < -0.4 is 0 Å². The van der Waals surface area contributed by atoms with Crippen LogP contribution in [-0.4, -0.2) is 58.6 Å². The van der Waals surface area contributed by atoms with Crippen molar-refractivity contribution in [2.75, 3.05) is 26.7 Å². The number of aromatic nitrogens is 1. The third kappa shape index (κ3) is 3.19. The Morgan fingerprint density at radius 3 is 2.77 bits per heavy atom. The summed E-state index contributed by atoms with van der Waals surface area (Å²) >= 11 is 1.75. The van der Waals surface area contributed by atoms with Crippen LogP contribution in [0.15, 0.2) is 5.38 Å². The lowest BCUT2D eigenvalue weighted by molar-refractivity contribution is -0.141. The smallest absolute Gasteiger partial charge is 0.320 e. The van der Waals surface area contributed by atoms with Gasteiger partial charge in [-0.3, -0.25) is 14.6 Å². The van der Waals surface area contributed by atoms with Crippen molar-refractivity contribution >= 4 is 17.3 Å². The van der Waals surface area contributed by atoms with Crippen LogP contribution in [0, 0.1) is 5.41 Å². The van der Waals surface area contributed by atoms with Crippen LogP contribution in [0.25, 0.3) is 0 Å². The summed E-state index contributed by atoms with van der Waals surface area (Å²) in [6.07, 6.45) is 4.03. The fraction of sp³-hybridized carbons (Fsp3) is 0.750. The zero-order valence-corrected chi connectivity index (χ0v) is 14.2. The maximum absolute atomic E-state index is 11.3. The van der Waals surface area contributed by atoms with Crippen LogP contribution >= 0.6 is 11.3 Å². The number of rotatable bonds is 4. The van der Waals surface area contributed by atoms with Gasteiger partial charge in [0.2, 0.25) is 0 Å². The van der Waals surface area contributed by atoms with Crippen molar-refractivity contribution in [2.45, 2.75) is 45.2 Å². The number of likely N-dealkylation sites (tertiary alicyclic amines) is 2. The molecule has 1 aromatic heterocycles. The van der Waals surface area contributed by atoms with Crippen molar-refractivity contribution < 1.29 is 9.90 Å². The van der Waals surface area contributed by atoms with E-state index in [4.69, 9.17) is 0 Å². The molecule has 0 bridgehead atoms. The fourth-order valence-corrected chi connectivity index (χ4v) is 4.64. The highest BCUT2D eigenvalue weighted by Crippen LogP contribution is 2.43. The summed E-state index contributed by atoms with van der Waals surface area (Å²) in [6.45, 7) is 6.11. The molecule has 0 aliphatic carbocycles. The van der Waals surface area contributed by atoms with Crippen LogP contribution in [0.4, 0.5) is 0 Å². The van der Waals surface area contributed by atoms with Crippen molar-refractivity contribution in [2.24, 2.45) is 5.41 Å². The molecule has 22 heavy (non-hydrogen) atoms. The number of aliphatic carboxylic acids is 1. The zero-order valence-electron chi connectivity index (χ0n) is 13.4. The monoisotopic (exact) mass is 323 g/mol. The number of hydrogen-bond acceptors (Lipinski definition) is 5. The Labute approximate surface area is 135 Å². The molecular formula is C16H25N3O2S. The van der Waals surface area contributed by atoms with E-state index in [0.717, 1.165) is 51.9 Å². The Hall–Kier alpha value is -0.980. The first-order valence-electron chi connectivity index (χ1n) is 8.10. The highest BCUT2D eigenvalue weighted by Gasteiger charge is 2.46. The van der Waals surface area contributed by atoms with Gasteiger partial charge in [0.05, 0.1) is 10.7 Å². The van der Waals surface area contributed by atoms with E-state index >= 15 is 0 Å². The Kier molecular flexibility index (Phi) is 4.52. The van der Waals surface area contributed by atoms with Crippen LogP contribution in [0.3, 0.4) is 0 Å². The van der Waals surface area contributed by atoms with Crippen LogP contribution in [0.5, 0.6) is 0 Å². The van der Waals surface area contributed by atoms with E-state index in [1.807, 2.05) is 11.9 Å². The maximum atomic E-state index is 11.3. The summed E-state index contributed by atoms with van der Waals surface area (Å²) in [5.74, 6) is -0.670. The van der Waals surface area contributed by atoms with Gasteiger partial charge in [0.15, 0.2) is 0 Å². The summed E-state index contributed by atoms with van der Waals surface area (Å²) in [6, 6.07) is -0.294. The molecule has 1 N–H and O–H groups in total. The van der Waals surface area contributed by atoms with Gasteiger partial charge in [-0.15, -0.1) is 11.3 Å². The van der Waals surface area contributed by atoms with Crippen LogP contribution in [-0.2, 0) is 17.8 Å². The molecule has 6 heteroatoms. The molecule has 2 aliphatic rings. The summed E-state index contributed by atoms with van der Waals surface area (Å²) in [5.41, 5.74) is 1.40. The SMILES string of the molecule is CCc1nc(CN2CCC3(CC2)CC(C(=O)O)N(C)C3)cs1. The number of aryl methyl sites for hydroxylation is 1. The fourth-order valence-electron chi connectivity index (χ4n) is 3.91. The molecule has 2 saturated heterocycles. The highest BCUT2D eigenvalue weighted by molar-refractivity contribution is 7.09. The predicted molar refractivity (Wildman–Crippen MR) is 87.1 cm³/mol. The van der Waals surface area contributed by atoms with Crippen molar-refractivity contribution in [3.63, 3.8) is 0 Å². The van der Waals surface area contributed by atoms with Gasteiger partial charge in [0.25, 0.3) is 0 Å². The molecule has 2 fully saturated rings. The van der Waals surface area contributed by atoms with Crippen molar-refractivity contribution in [1.29, 1.82) is 0 Å². The molecule has 1 unspecified atom stereocenters. The summed E-state index contributed by atoms with van der Waals surface area (Å²) in [5, 5.41) is 12.7. The molecule has 0 amide bonds. The molecule has 0 saturated carbocycles. The number of likely N-dealkylation sites (N-methyl/N-ethyl adjacent to an activating group) is 1. The first-order valence-corrected chi connectivity index (χ1v) is 8.98. The van der Waals surface area contributed by atoms with E-state index in [9.17, 15) is 9.90 Å². The molecule has 0 radical (unpaired) electrons. The number of nitrogens with zero attached hydrogens (tertiary/aromatic N) is 3. The third-order valence-electron chi connectivity index (χ3n) is 5.23. The normalized spacial score (nSPS) is 25.8. The van der Waals surface area contributed by atoms with Crippen molar-refractivity contribution in [3.05, 3.63) is 16.1 Å². The minimum atomic E-state index is -0.670. The number of thiazole rings is 1. The van der Waals surface area contributed by atoms with Gasteiger partial charge in [0, 0.05) is 18.5 Å². The second kappa shape index (κ2) is 6.26. The topological polar surface area (TPSA) is 56.7 Å². The molecule has 3 heterocycles. The Morgan fingerprint density at radius 1 is 1.50 bits per heavy atom. The van der Waals surface area contributed by atoms with Gasteiger partial charge < -0.3 is 5.11 Å². The first kappa shape index (κ1) is 15.9. The molecule has 1 atom stereocenters. The molecule has 1 aromatic rings. The van der Waals surface area contributed by atoms with Gasteiger partial charge in [-0.05, 0) is 51.2 Å². The Morgan fingerprint density at radius 2 is 2.23 bits per heavy atom. The van der Waals surface area contributed by atoms with Crippen molar-refractivity contribution in [1.82, 2.24) is 14.8 Å². The summed E-state index contributed by atoms with van der Waals surface area (Å²) < 4.78 is 0. The highest BCUT2D eigenvalue weighted by atomic mass is 32.1. The van der Waals surface area contributed by atoms with Crippen LogP contribution in [0.1, 0.15) is 36.9 Å². The van der Waals surface area contributed by atoms with Gasteiger partial charge in [-0.2, -0.15) is 0 Å². The second-order valence-electron chi connectivity index (χ2n) is 6.84. The van der Waals surface area contributed by atoms with Crippen LogP contribution in [0.2, 0.25) is 0 Å². The minimum absolute atomic E-state index is 0.213. The molecular weight excluding hydrogens is 298 g/mol. The van der Waals surface area contributed by atoms with E-state index in [0.29, 0.717) is 0 Å². The Balaban J connectivity index is 1.55. The number of carbonyl (C=O) groups is 1. The molecule has 1 spiro atoms. The minimum Gasteiger partial charge on any atom is -0.480 e. The molecule has 122 valence electrons. The van der Waals surface area contributed by atoms with Gasteiger partial charge in [0.1, 0.15) is 6.04 Å². The number of carboxylic acid groups (broad SMARTS) is 1. The standard InChI is InChI=1S/C16H25N3O2S/c1-3-14-17-12(10-22-14)9-19-6-4-16(5-7-19)8-13(15(20)21)18(2)11-16/h10,13H,3-9,11H2,1-2H3,(H,20,21). The lowest BCUT2D eigenvalue weighted by Gasteiger charge is -2.39. The lowest BCUT2D eigenvalue weighted by atomic mass is 9.76. The van der Waals surface area contributed by atoms with Crippen molar-refractivity contribution in [3.8, 4) is 0 Å². The molecule has 0 aromatic carbocycles. The number of piperidine rings is 1. The van der Waals surface area contributed by atoms with E-state index in [1.165, 1.54) is 10.7 Å². The molecule has 3 rings (SSSR count). The average Bonchev–Trinajstić information content (AvgIpc) is 3.07.